The predicted molar refractivity (Wildman–Crippen MR) is 96.4 cm³/mol. The summed E-state index contributed by atoms with van der Waals surface area (Å²) in [5.74, 6) is 0.831. The fourth-order valence-electron chi connectivity index (χ4n) is 2.29. The second-order valence-electron chi connectivity index (χ2n) is 5.78. The Kier molecular flexibility index (Phi) is 6.61. The number of carbonyl (C=O) groups excluding carboxylic acids is 1. The summed E-state index contributed by atoms with van der Waals surface area (Å²) >= 11 is 0. The maximum atomic E-state index is 12.2. The van der Waals surface area contributed by atoms with Crippen molar-refractivity contribution < 1.29 is 9.53 Å². The quantitative estimate of drug-likeness (QED) is 0.738. The van der Waals surface area contributed by atoms with Crippen LogP contribution in [0.5, 0.6) is 5.75 Å². The SMILES string of the molecule is CCCCOc1ccc(NC(=O)NC(C)c2ccncc2)c(C)c1. The summed E-state index contributed by atoms with van der Waals surface area (Å²) in [6.45, 7) is 6.74. The number of ether oxygens (including phenoxy) is 1. The summed E-state index contributed by atoms with van der Waals surface area (Å²) in [5, 5.41) is 5.80. The Balaban J connectivity index is 1.91. The number of benzene rings is 1. The van der Waals surface area contributed by atoms with Gasteiger partial charge in [0, 0.05) is 18.1 Å². The second-order valence-corrected chi connectivity index (χ2v) is 5.78. The molecule has 0 saturated heterocycles. The molecule has 0 radical (unpaired) electrons. The number of rotatable bonds is 7. The van der Waals surface area contributed by atoms with Gasteiger partial charge in [-0.05, 0) is 61.7 Å². The first kappa shape index (κ1) is 17.8. The van der Waals surface area contributed by atoms with Gasteiger partial charge in [0.1, 0.15) is 5.75 Å². The van der Waals surface area contributed by atoms with Gasteiger partial charge >= 0.3 is 6.03 Å². The number of nitrogens with zero attached hydrogens (tertiary/aromatic N) is 1. The highest BCUT2D eigenvalue weighted by atomic mass is 16.5. The van der Waals surface area contributed by atoms with E-state index in [4.69, 9.17) is 4.74 Å². The molecule has 2 aromatic rings. The summed E-state index contributed by atoms with van der Waals surface area (Å²) in [5.41, 5.74) is 2.75. The fourth-order valence-corrected chi connectivity index (χ4v) is 2.29. The maximum absolute atomic E-state index is 12.2. The van der Waals surface area contributed by atoms with Gasteiger partial charge in [0.2, 0.25) is 0 Å². The number of aryl methyl sites for hydroxylation is 1. The predicted octanol–water partition coefficient (Wildman–Crippen LogP) is 4.45. The molecule has 1 atom stereocenters. The molecule has 24 heavy (non-hydrogen) atoms. The zero-order chi connectivity index (χ0) is 17.4. The van der Waals surface area contributed by atoms with Crippen LogP contribution in [0.15, 0.2) is 42.7 Å². The second kappa shape index (κ2) is 8.91. The lowest BCUT2D eigenvalue weighted by atomic mass is 10.1. The smallest absolute Gasteiger partial charge is 0.319 e. The van der Waals surface area contributed by atoms with E-state index in [9.17, 15) is 4.79 Å². The summed E-state index contributed by atoms with van der Waals surface area (Å²) in [7, 11) is 0. The summed E-state index contributed by atoms with van der Waals surface area (Å²) in [4.78, 5) is 16.2. The number of pyridine rings is 1. The van der Waals surface area contributed by atoms with Gasteiger partial charge in [-0.2, -0.15) is 0 Å². The number of unbranched alkanes of at least 4 members (excludes halogenated alkanes) is 1. The molecule has 0 saturated carbocycles. The van der Waals surface area contributed by atoms with E-state index in [1.807, 2.05) is 44.2 Å². The monoisotopic (exact) mass is 327 g/mol. The number of hydrogen-bond donors (Lipinski definition) is 2. The number of nitrogens with one attached hydrogen (secondary N) is 2. The molecule has 0 aliphatic carbocycles. The minimum absolute atomic E-state index is 0.0926. The van der Waals surface area contributed by atoms with E-state index in [1.54, 1.807) is 12.4 Å². The highest BCUT2D eigenvalue weighted by molar-refractivity contribution is 5.90. The Morgan fingerprint density at radius 2 is 2.00 bits per heavy atom. The molecule has 0 aliphatic rings. The largest absolute Gasteiger partial charge is 0.494 e. The molecule has 0 aliphatic heterocycles. The molecule has 0 spiro atoms. The molecule has 1 heterocycles. The summed E-state index contributed by atoms with van der Waals surface area (Å²) in [6.07, 6.45) is 5.57. The molecule has 2 N–H and O–H groups in total. The van der Waals surface area contributed by atoms with Gasteiger partial charge < -0.3 is 15.4 Å². The van der Waals surface area contributed by atoms with E-state index in [-0.39, 0.29) is 12.1 Å². The van der Waals surface area contributed by atoms with Crippen molar-refractivity contribution >= 4 is 11.7 Å². The van der Waals surface area contributed by atoms with Gasteiger partial charge in [0.05, 0.1) is 12.6 Å². The Morgan fingerprint density at radius 3 is 2.67 bits per heavy atom. The Morgan fingerprint density at radius 1 is 1.25 bits per heavy atom. The van der Waals surface area contributed by atoms with E-state index in [0.29, 0.717) is 6.61 Å². The number of anilines is 1. The lowest BCUT2D eigenvalue weighted by molar-refractivity contribution is 0.249. The number of hydrogen-bond acceptors (Lipinski definition) is 3. The fraction of sp³-hybridized carbons (Fsp3) is 0.368. The van der Waals surface area contributed by atoms with Crippen LogP contribution in [0.25, 0.3) is 0 Å². The summed E-state index contributed by atoms with van der Waals surface area (Å²) in [6, 6.07) is 9.14. The van der Waals surface area contributed by atoms with Crippen LogP contribution in [-0.4, -0.2) is 17.6 Å². The lowest BCUT2D eigenvalue weighted by Gasteiger charge is -2.16. The van der Waals surface area contributed by atoms with Crippen molar-refractivity contribution in [1.82, 2.24) is 10.3 Å². The first-order valence-electron chi connectivity index (χ1n) is 8.31. The van der Waals surface area contributed by atoms with Crippen LogP contribution >= 0.6 is 0 Å². The lowest BCUT2D eigenvalue weighted by Crippen LogP contribution is -2.31. The van der Waals surface area contributed by atoms with Crippen molar-refractivity contribution in [3.8, 4) is 5.75 Å². The van der Waals surface area contributed by atoms with Crippen molar-refractivity contribution in [3.63, 3.8) is 0 Å². The first-order chi connectivity index (χ1) is 11.6. The van der Waals surface area contributed by atoms with Crippen molar-refractivity contribution in [1.29, 1.82) is 0 Å². The molecule has 0 fully saturated rings. The van der Waals surface area contributed by atoms with Gasteiger partial charge in [-0.15, -0.1) is 0 Å². The van der Waals surface area contributed by atoms with Gasteiger partial charge in [0.15, 0.2) is 0 Å². The molecule has 1 unspecified atom stereocenters. The third kappa shape index (κ3) is 5.26. The number of carbonyl (C=O) groups is 1. The summed E-state index contributed by atoms with van der Waals surface area (Å²) < 4.78 is 5.68. The molecular formula is C19H25N3O2. The number of urea groups is 1. The van der Waals surface area contributed by atoms with Crippen LogP contribution in [-0.2, 0) is 0 Å². The highest BCUT2D eigenvalue weighted by Crippen LogP contribution is 2.22. The van der Waals surface area contributed by atoms with Gasteiger partial charge in [-0.1, -0.05) is 13.3 Å². The van der Waals surface area contributed by atoms with E-state index >= 15 is 0 Å². The molecule has 1 aromatic heterocycles. The van der Waals surface area contributed by atoms with Crippen LogP contribution in [0.2, 0.25) is 0 Å². The third-order valence-electron chi connectivity index (χ3n) is 3.77. The number of amides is 2. The Bertz CT molecular complexity index is 659. The highest BCUT2D eigenvalue weighted by Gasteiger charge is 2.10. The minimum atomic E-state index is -0.234. The number of aromatic nitrogens is 1. The Labute approximate surface area is 143 Å². The normalized spacial score (nSPS) is 11.6. The molecule has 0 bridgehead atoms. The van der Waals surface area contributed by atoms with Crippen LogP contribution in [0, 0.1) is 6.92 Å². The average molecular weight is 327 g/mol. The molecule has 128 valence electrons. The first-order valence-corrected chi connectivity index (χ1v) is 8.31. The molecule has 2 rings (SSSR count). The van der Waals surface area contributed by atoms with E-state index in [2.05, 4.69) is 22.5 Å². The molecule has 5 heteroatoms. The van der Waals surface area contributed by atoms with Crippen molar-refractivity contribution in [3.05, 3.63) is 53.9 Å². The van der Waals surface area contributed by atoms with E-state index in [0.717, 1.165) is 35.4 Å². The van der Waals surface area contributed by atoms with Crippen molar-refractivity contribution in [2.75, 3.05) is 11.9 Å². The minimum Gasteiger partial charge on any atom is -0.494 e. The maximum Gasteiger partial charge on any atom is 0.319 e. The van der Waals surface area contributed by atoms with E-state index in [1.165, 1.54) is 0 Å². The van der Waals surface area contributed by atoms with Crippen molar-refractivity contribution in [2.45, 2.75) is 39.7 Å². The van der Waals surface area contributed by atoms with Crippen LogP contribution < -0.4 is 15.4 Å². The zero-order valence-corrected chi connectivity index (χ0v) is 14.5. The molecule has 5 nitrogen and oxygen atoms in total. The average Bonchev–Trinajstić information content (AvgIpc) is 2.58. The third-order valence-corrected chi connectivity index (χ3v) is 3.77. The van der Waals surface area contributed by atoms with Crippen molar-refractivity contribution in [2.24, 2.45) is 0 Å². The zero-order valence-electron chi connectivity index (χ0n) is 14.5. The van der Waals surface area contributed by atoms with E-state index < -0.39 is 0 Å². The Hall–Kier alpha value is -2.56. The molecular weight excluding hydrogens is 302 g/mol. The van der Waals surface area contributed by atoms with Crippen LogP contribution in [0.1, 0.15) is 43.9 Å². The van der Waals surface area contributed by atoms with Crippen LogP contribution in [0.3, 0.4) is 0 Å². The standard InChI is InChI=1S/C19H25N3O2/c1-4-5-12-24-17-6-7-18(14(2)13-17)22-19(23)21-15(3)16-8-10-20-11-9-16/h6-11,13,15H,4-5,12H2,1-3H3,(H2,21,22,23). The molecule has 1 aromatic carbocycles. The molecule has 2 amide bonds. The van der Waals surface area contributed by atoms with Gasteiger partial charge in [-0.3, -0.25) is 4.98 Å². The van der Waals surface area contributed by atoms with Crippen LogP contribution in [0.4, 0.5) is 10.5 Å². The topological polar surface area (TPSA) is 63.2 Å². The van der Waals surface area contributed by atoms with Gasteiger partial charge in [0.25, 0.3) is 0 Å². The van der Waals surface area contributed by atoms with Gasteiger partial charge in [-0.25, -0.2) is 4.79 Å².